The first-order chi connectivity index (χ1) is 9.81. The summed E-state index contributed by atoms with van der Waals surface area (Å²) < 4.78 is 5.31. The van der Waals surface area contributed by atoms with E-state index in [1.165, 1.54) is 32.4 Å². The lowest BCUT2D eigenvalue weighted by atomic mass is 10.1. The van der Waals surface area contributed by atoms with Gasteiger partial charge in [-0.05, 0) is 44.1 Å². The number of nitrogens with zero attached hydrogens (tertiary/aromatic N) is 3. The van der Waals surface area contributed by atoms with Crippen LogP contribution in [0.2, 0.25) is 5.02 Å². The normalized spacial score (nSPS) is 16.4. The van der Waals surface area contributed by atoms with E-state index in [-0.39, 0.29) is 0 Å². The topological polar surface area (TPSA) is 42.2 Å². The predicted octanol–water partition coefficient (Wildman–Crippen LogP) is 3.42. The summed E-state index contributed by atoms with van der Waals surface area (Å²) >= 11 is 5.97. The number of likely N-dealkylation sites (tertiary alicyclic amines) is 1. The number of hydrogen-bond acceptors (Lipinski definition) is 4. The lowest BCUT2D eigenvalue weighted by Crippen LogP contribution is -2.31. The highest BCUT2D eigenvalue weighted by atomic mass is 35.5. The van der Waals surface area contributed by atoms with Crippen LogP contribution in [-0.2, 0) is 6.42 Å². The maximum Gasteiger partial charge on any atom is 0.257 e. The highest BCUT2D eigenvalue weighted by molar-refractivity contribution is 6.30. The van der Waals surface area contributed by atoms with Crippen LogP contribution in [0.4, 0.5) is 0 Å². The summed E-state index contributed by atoms with van der Waals surface area (Å²) in [4.78, 5) is 6.91. The van der Waals surface area contributed by atoms with E-state index in [4.69, 9.17) is 16.1 Å². The molecule has 106 valence electrons. The molecule has 0 amide bonds. The maximum absolute atomic E-state index is 5.97. The monoisotopic (exact) mass is 291 g/mol. The van der Waals surface area contributed by atoms with Gasteiger partial charge in [-0.3, -0.25) is 0 Å². The average Bonchev–Trinajstić information content (AvgIpc) is 2.95. The van der Waals surface area contributed by atoms with Gasteiger partial charge in [-0.15, -0.1) is 0 Å². The van der Waals surface area contributed by atoms with Crippen LogP contribution < -0.4 is 0 Å². The number of hydrogen-bond donors (Lipinski definition) is 0. The molecule has 4 nitrogen and oxygen atoms in total. The molecule has 1 aliphatic rings. The number of halogens is 1. The first-order valence-corrected chi connectivity index (χ1v) is 7.50. The lowest BCUT2D eigenvalue weighted by molar-refractivity contribution is 0.229. The molecule has 20 heavy (non-hydrogen) atoms. The molecule has 0 aliphatic carbocycles. The van der Waals surface area contributed by atoms with Gasteiger partial charge in [-0.25, -0.2) is 0 Å². The fourth-order valence-corrected chi connectivity index (χ4v) is 2.73. The highest BCUT2D eigenvalue weighted by Gasteiger charge is 2.13. The van der Waals surface area contributed by atoms with Gasteiger partial charge >= 0.3 is 0 Å². The lowest BCUT2D eigenvalue weighted by Gasteiger charge is -2.25. The van der Waals surface area contributed by atoms with Gasteiger partial charge < -0.3 is 9.42 Å². The third-order valence-electron chi connectivity index (χ3n) is 3.64. The highest BCUT2D eigenvalue weighted by Crippen LogP contribution is 2.21. The molecule has 1 aromatic carbocycles. The van der Waals surface area contributed by atoms with E-state index in [0.29, 0.717) is 10.9 Å². The van der Waals surface area contributed by atoms with Crippen molar-refractivity contribution in [2.45, 2.75) is 25.7 Å². The second-order valence-corrected chi connectivity index (χ2v) is 5.61. The molecule has 0 bridgehead atoms. The minimum atomic E-state index is 0.543. The molecule has 0 saturated carbocycles. The molecule has 1 fully saturated rings. The number of piperidine rings is 1. The number of rotatable bonds is 4. The van der Waals surface area contributed by atoms with E-state index in [1.807, 2.05) is 24.3 Å². The maximum atomic E-state index is 5.97. The van der Waals surface area contributed by atoms with Crippen molar-refractivity contribution in [1.29, 1.82) is 0 Å². The Balaban J connectivity index is 1.61. The molecular weight excluding hydrogens is 274 g/mol. The van der Waals surface area contributed by atoms with Crippen LogP contribution in [0.15, 0.2) is 28.8 Å². The van der Waals surface area contributed by atoms with Gasteiger partial charge in [-0.1, -0.05) is 29.2 Å². The van der Waals surface area contributed by atoms with E-state index >= 15 is 0 Å². The predicted molar refractivity (Wildman–Crippen MR) is 78.7 cm³/mol. The first kappa shape index (κ1) is 13.6. The average molecular weight is 292 g/mol. The summed E-state index contributed by atoms with van der Waals surface area (Å²) in [6.07, 6.45) is 4.81. The van der Waals surface area contributed by atoms with Crippen LogP contribution >= 0.6 is 11.6 Å². The Bertz CT molecular complexity index is 564. The second kappa shape index (κ2) is 6.37. The van der Waals surface area contributed by atoms with Crippen LogP contribution in [0, 0.1) is 0 Å². The Hall–Kier alpha value is -1.39. The van der Waals surface area contributed by atoms with Crippen molar-refractivity contribution in [2.24, 2.45) is 0 Å². The molecule has 0 N–H and O–H groups in total. The molecule has 1 saturated heterocycles. The Kier molecular flexibility index (Phi) is 4.33. The molecule has 1 aromatic heterocycles. The summed E-state index contributed by atoms with van der Waals surface area (Å²) in [5.74, 6) is 1.31. The Labute approximate surface area is 123 Å². The fourth-order valence-electron chi connectivity index (χ4n) is 2.54. The van der Waals surface area contributed by atoms with E-state index in [9.17, 15) is 0 Å². The molecule has 1 aliphatic heterocycles. The minimum Gasteiger partial charge on any atom is -0.334 e. The summed E-state index contributed by atoms with van der Waals surface area (Å²) in [5.41, 5.74) is 0.870. The van der Waals surface area contributed by atoms with Crippen molar-refractivity contribution >= 4 is 11.6 Å². The molecule has 5 heteroatoms. The Morgan fingerprint density at radius 3 is 2.85 bits per heavy atom. The largest absolute Gasteiger partial charge is 0.334 e. The van der Waals surface area contributed by atoms with Crippen molar-refractivity contribution in [1.82, 2.24) is 15.0 Å². The summed E-state index contributed by atoms with van der Waals surface area (Å²) in [5, 5.41) is 4.73. The molecule has 0 unspecified atom stereocenters. The summed E-state index contributed by atoms with van der Waals surface area (Å²) in [6.45, 7) is 3.40. The Morgan fingerprint density at radius 1 is 1.20 bits per heavy atom. The zero-order valence-electron chi connectivity index (χ0n) is 11.4. The van der Waals surface area contributed by atoms with Gasteiger partial charge in [0.2, 0.25) is 0 Å². The molecular formula is C15H18ClN3O. The van der Waals surface area contributed by atoms with Crippen LogP contribution in [0.5, 0.6) is 0 Å². The van der Waals surface area contributed by atoms with Crippen molar-refractivity contribution in [2.75, 3.05) is 19.6 Å². The molecule has 3 rings (SSSR count). The van der Waals surface area contributed by atoms with Crippen LogP contribution in [0.1, 0.15) is 25.1 Å². The summed E-state index contributed by atoms with van der Waals surface area (Å²) in [6, 6.07) is 7.48. The quantitative estimate of drug-likeness (QED) is 0.865. The van der Waals surface area contributed by atoms with Crippen molar-refractivity contribution < 1.29 is 4.52 Å². The smallest absolute Gasteiger partial charge is 0.257 e. The molecule has 0 radical (unpaired) electrons. The molecule has 0 atom stereocenters. The van der Waals surface area contributed by atoms with Gasteiger partial charge in [0.05, 0.1) is 0 Å². The zero-order valence-corrected chi connectivity index (χ0v) is 12.1. The summed E-state index contributed by atoms with van der Waals surface area (Å²) in [7, 11) is 0. The third kappa shape index (κ3) is 3.38. The van der Waals surface area contributed by atoms with Gasteiger partial charge in [0, 0.05) is 23.6 Å². The molecule has 2 aromatic rings. The SMILES string of the molecule is Clc1cccc(-c2nc(CCN3CCCCC3)no2)c1. The van der Waals surface area contributed by atoms with E-state index in [2.05, 4.69) is 15.0 Å². The van der Waals surface area contributed by atoms with Crippen LogP contribution in [0.3, 0.4) is 0 Å². The fraction of sp³-hybridized carbons (Fsp3) is 0.467. The standard InChI is InChI=1S/C15H18ClN3O/c16-13-6-4-5-12(11-13)15-17-14(18-20-15)7-10-19-8-2-1-3-9-19/h4-6,11H,1-3,7-10H2. The minimum absolute atomic E-state index is 0.543. The Morgan fingerprint density at radius 2 is 2.05 bits per heavy atom. The van der Waals surface area contributed by atoms with Gasteiger partial charge in [0.1, 0.15) is 0 Å². The zero-order chi connectivity index (χ0) is 13.8. The van der Waals surface area contributed by atoms with Gasteiger partial charge in [-0.2, -0.15) is 4.98 Å². The van der Waals surface area contributed by atoms with Gasteiger partial charge in [0.15, 0.2) is 5.82 Å². The third-order valence-corrected chi connectivity index (χ3v) is 3.88. The van der Waals surface area contributed by atoms with Crippen molar-refractivity contribution in [3.63, 3.8) is 0 Å². The molecule has 2 heterocycles. The molecule has 0 spiro atoms. The van der Waals surface area contributed by atoms with Crippen molar-refractivity contribution in [3.8, 4) is 11.5 Å². The number of aromatic nitrogens is 2. The van der Waals surface area contributed by atoms with Crippen LogP contribution in [0.25, 0.3) is 11.5 Å². The van der Waals surface area contributed by atoms with E-state index < -0.39 is 0 Å². The van der Waals surface area contributed by atoms with E-state index in [0.717, 1.165) is 24.4 Å². The first-order valence-electron chi connectivity index (χ1n) is 7.12. The second-order valence-electron chi connectivity index (χ2n) is 5.18. The van der Waals surface area contributed by atoms with Crippen molar-refractivity contribution in [3.05, 3.63) is 35.1 Å². The van der Waals surface area contributed by atoms with Gasteiger partial charge in [0.25, 0.3) is 5.89 Å². The van der Waals surface area contributed by atoms with Crippen LogP contribution in [-0.4, -0.2) is 34.7 Å². The van der Waals surface area contributed by atoms with E-state index in [1.54, 1.807) is 0 Å². The number of benzene rings is 1.